The topological polar surface area (TPSA) is 37.3 Å². The second kappa shape index (κ2) is 9.00. The van der Waals surface area contributed by atoms with Gasteiger partial charge in [-0.05, 0) is 85.2 Å². The fourth-order valence-corrected chi connectivity index (χ4v) is 6.81. The standard InChI is InChI=1S/C29H28FN3OS/c1-2-19-9-15-22(16-10-19)31-29(34)33-18-24-23-6-3-4-8-26(23)35-28(24)32-17-5-7-25(32)27(33)20-11-13-21(30)14-12-20/h5,7,9-17,27H,2-4,6,8,18H2,1H3,(H,31,34). The predicted molar refractivity (Wildman–Crippen MR) is 139 cm³/mol. The molecule has 6 heteroatoms. The largest absolute Gasteiger partial charge is 0.322 e. The van der Waals surface area contributed by atoms with Gasteiger partial charge in [0.05, 0.1) is 18.3 Å². The van der Waals surface area contributed by atoms with E-state index >= 15 is 0 Å². The molecule has 0 saturated heterocycles. The van der Waals surface area contributed by atoms with Crippen molar-refractivity contribution < 1.29 is 9.18 Å². The van der Waals surface area contributed by atoms with Crippen LogP contribution in [0, 0.1) is 5.82 Å². The molecule has 1 atom stereocenters. The van der Waals surface area contributed by atoms with Crippen molar-refractivity contribution in [1.82, 2.24) is 9.47 Å². The monoisotopic (exact) mass is 485 g/mol. The van der Waals surface area contributed by atoms with E-state index in [2.05, 4.69) is 29.1 Å². The Morgan fingerprint density at radius 3 is 2.57 bits per heavy atom. The SMILES string of the molecule is CCc1ccc(NC(=O)N2Cc3c(sc4c3CCCC4)-n3cccc3C2c2ccc(F)cc2)cc1. The van der Waals surface area contributed by atoms with Crippen LogP contribution in [0.4, 0.5) is 14.9 Å². The van der Waals surface area contributed by atoms with Gasteiger partial charge in [0, 0.05) is 22.3 Å². The Kier molecular flexibility index (Phi) is 5.69. The molecule has 2 amide bonds. The summed E-state index contributed by atoms with van der Waals surface area (Å²) in [5.74, 6) is -0.280. The minimum atomic E-state index is -0.334. The lowest BCUT2D eigenvalue weighted by molar-refractivity contribution is 0.194. The summed E-state index contributed by atoms with van der Waals surface area (Å²) in [6, 6.07) is 18.2. The van der Waals surface area contributed by atoms with Crippen LogP contribution in [0.5, 0.6) is 0 Å². The molecule has 2 aromatic carbocycles. The molecule has 4 aromatic rings. The summed E-state index contributed by atoms with van der Waals surface area (Å²) in [5.41, 5.74) is 6.59. The molecule has 0 bridgehead atoms. The van der Waals surface area contributed by atoms with E-state index in [0.717, 1.165) is 36.2 Å². The lowest BCUT2D eigenvalue weighted by atomic mass is 9.95. The average molecular weight is 486 g/mol. The van der Waals surface area contributed by atoms with Crippen molar-refractivity contribution in [1.29, 1.82) is 0 Å². The number of urea groups is 1. The number of halogens is 1. The number of carbonyl (C=O) groups is 1. The van der Waals surface area contributed by atoms with Gasteiger partial charge in [0.2, 0.25) is 0 Å². The normalized spacial score (nSPS) is 16.7. The van der Waals surface area contributed by atoms with Crippen molar-refractivity contribution >= 4 is 23.1 Å². The zero-order chi connectivity index (χ0) is 23.9. The minimum Gasteiger partial charge on any atom is -0.310 e. The number of benzene rings is 2. The van der Waals surface area contributed by atoms with E-state index in [1.807, 2.05) is 46.6 Å². The van der Waals surface area contributed by atoms with Gasteiger partial charge in [-0.25, -0.2) is 9.18 Å². The molecule has 1 aliphatic heterocycles. The highest BCUT2D eigenvalue weighted by atomic mass is 32.1. The first-order chi connectivity index (χ1) is 17.1. The first-order valence-corrected chi connectivity index (χ1v) is 13.2. The molecule has 178 valence electrons. The highest BCUT2D eigenvalue weighted by molar-refractivity contribution is 7.15. The van der Waals surface area contributed by atoms with Crippen molar-refractivity contribution in [3.8, 4) is 5.00 Å². The lowest BCUT2D eigenvalue weighted by Crippen LogP contribution is -2.38. The molecular weight excluding hydrogens is 457 g/mol. The number of thiophene rings is 1. The number of hydrogen-bond acceptors (Lipinski definition) is 2. The summed E-state index contributed by atoms with van der Waals surface area (Å²) in [7, 11) is 0. The van der Waals surface area contributed by atoms with Crippen LogP contribution in [0.25, 0.3) is 5.00 Å². The minimum absolute atomic E-state index is 0.153. The third-order valence-corrected chi connectivity index (χ3v) is 8.57. The molecule has 2 aliphatic rings. The number of nitrogens with zero attached hydrogens (tertiary/aromatic N) is 2. The van der Waals surface area contributed by atoms with Crippen LogP contribution in [0.3, 0.4) is 0 Å². The van der Waals surface area contributed by atoms with Gasteiger partial charge in [0.25, 0.3) is 0 Å². The van der Waals surface area contributed by atoms with Gasteiger partial charge in [-0.1, -0.05) is 31.2 Å². The molecule has 0 fully saturated rings. The number of hydrogen-bond donors (Lipinski definition) is 1. The number of aromatic nitrogens is 1. The zero-order valence-electron chi connectivity index (χ0n) is 19.8. The Bertz CT molecular complexity index is 1370. The van der Waals surface area contributed by atoms with Crippen LogP contribution < -0.4 is 5.32 Å². The van der Waals surface area contributed by atoms with Gasteiger partial charge < -0.3 is 14.8 Å². The van der Waals surface area contributed by atoms with E-state index in [9.17, 15) is 9.18 Å². The maximum atomic E-state index is 13.9. The average Bonchev–Trinajstić information content (AvgIpc) is 3.47. The molecule has 0 saturated carbocycles. The van der Waals surface area contributed by atoms with Crippen LogP contribution in [0.2, 0.25) is 0 Å². The van der Waals surface area contributed by atoms with Crippen molar-refractivity contribution in [3.05, 3.63) is 106 Å². The van der Waals surface area contributed by atoms with Crippen LogP contribution in [0.1, 0.15) is 58.6 Å². The van der Waals surface area contributed by atoms with Crippen LogP contribution >= 0.6 is 11.3 Å². The van der Waals surface area contributed by atoms with Crippen molar-refractivity contribution in [3.63, 3.8) is 0 Å². The third kappa shape index (κ3) is 3.96. The van der Waals surface area contributed by atoms with E-state index in [-0.39, 0.29) is 17.9 Å². The number of carbonyl (C=O) groups excluding carboxylic acids is 1. The summed E-state index contributed by atoms with van der Waals surface area (Å²) in [6.07, 6.45) is 7.63. The number of aryl methyl sites for hydroxylation is 2. The Balaban J connectivity index is 1.46. The molecule has 3 heterocycles. The van der Waals surface area contributed by atoms with Crippen molar-refractivity contribution in [2.45, 2.75) is 51.6 Å². The Labute approximate surface area is 209 Å². The highest BCUT2D eigenvalue weighted by Gasteiger charge is 2.36. The quantitative estimate of drug-likeness (QED) is 0.326. The number of nitrogens with one attached hydrogen (secondary N) is 1. The van der Waals surface area contributed by atoms with E-state index in [4.69, 9.17) is 0 Å². The second-order valence-corrected chi connectivity index (χ2v) is 10.4. The Morgan fingerprint density at radius 1 is 1.03 bits per heavy atom. The fourth-order valence-electron chi connectivity index (χ4n) is 5.40. The van der Waals surface area contributed by atoms with Crippen LogP contribution in [-0.2, 0) is 25.8 Å². The van der Waals surface area contributed by atoms with Gasteiger partial charge in [-0.15, -0.1) is 11.3 Å². The number of fused-ring (bicyclic) bond motifs is 5. The summed E-state index contributed by atoms with van der Waals surface area (Å²) in [4.78, 5) is 17.3. The number of rotatable bonds is 3. The van der Waals surface area contributed by atoms with Gasteiger partial charge in [0.1, 0.15) is 10.8 Å². The van der Waals surface area contributed by atoms with Crippen molar-refractivity contribution in [2.24, 2.45) is 0 Å². The molecule has 0 radical (unpaired) electrons. The summed E-state index contributed by atoms with van der Waals surface area (Å²) in [5, 5.41) is 4.35. The molecule has 35 heavy (non-hydrogen) atoms. The molecule has 1 aliphatic carbocycles. The zero-order valence-corrected chi connectivity index (χ0v) is 20.6. The van der Waals surface area contributed by atoms with Crippen LogP contribution in [-0.4, -0.2) is 15.5 Å². The van der Waals surface area contributed by atoms with E-state index < -0.39 is 0 Å². The van der Waals surface area contributed by atoms with Gasteiger partial charge in [0.15, 0.2) is 0 Å². The second-order valence-electron chi connectivity index (χ2n) is 9.36. The number of amides is 2. The van der Waals surface area contributed by atoms with Crippen LogP contribution in [0.15, 0.2) is 66.9 Å². The predicted octanol–water partition coefficient (Wildman–Crippen LogP) is 7.26. The summed E-state index contributed by atoms with van der Waals surface area (Å²) >= 11 is 1.86. The molecule has 6 rings (SSSR count). The fraction of sp³-hybridized carbons (Fsp3) is 0.276. The van der Waals surface area contributed by atoms with E-state index in [1.54, 1.807) is 12.1 Å². The first kappa shape index (κ1) is 22.1. The van der Waals surface area contributed by atoms with Crippen molar-refractivity contribution in [2.75, 3.05) is 5.32 Å². The highest BCUT2D eigenvalue weighted by Crippen LogP contribution is 2.44. The van der Waals surface area contributed by atoms with E-state index in [1.165, 1.54) is 51.5 Å². The molecule has 0 spiro atoms. The molecule has 2 aromatic heterocycles. The van der Waals surface area contributed by atoms with E-state index in [0.29, 0.717) is 6.54 Å². The summed E-state index contributed by atoms with van der Waals surface area (Å²) < 4.78 is 16.1. The van der Waals surface area contributed by atoms with Gasteiger partial charge >= 0.3 is 6.03 Å². The first-order valence-electron chi connectivity index (χ1n) is 12.4. The molecule has 4 nitrogen and oxygen atoms in total. The molecule has 1 unspecified atom stereocenters. The van der Waals surface area contributed by atoms with Gasteiger partial charge in [-0.3, -0.25) is 0 Å². The maximum absolute atomic E-state index is 13.9. The van der Waals surface area contributed by atoms with Gasteiger partial charge in [-0.2, -0.15) is 0 Å². The smallest absolute Gasteiger partial charge is 0.310 e. The molecule has 1 N–H and O–H groups in total. The summed E-state index contributed by atoms with van der Waals surface area (Å²) in [6.45, 7) is 2.64. The maximum Gasteiger partial charge on any atom is 0.322 e. The number of anilines is 1. The molecular formula is C29H28FN3OS. The Morgan fingerprint density at radius 2 is 1.80 bits per heavy atom. The lowest BCUT2D eigenvalue weighted by Gasteiger charge is -2.31. The third-order valence-electron chi connectivity index (χ3n) is 7.24. The Hall–Kier alpha value is -3.38.